The van der Waals surface area contributed by atoms with Crippen molar-refractivity contribution in [2.45, 2.75) is 25.7 Å². The van der Waals surface area contributed by atoms with Gasteiger partial charge in [-0.2, -0.15) is 0 Å². The average molecular weight is 256 g/mol. The molecule has 0 spiro atoms. The average Bonchev–Trinajstić information content (AvgIpc) is 2.80. The summed E-state index contributed by atoms with van der Waals surface area (Å²) < 4.78 is 32.2. The molecule has 0 aromatic heterocycles. The molecule has 18 heavy (non-hydrogen) atoms. The molecule has 0 bridgehead atoms. The molecule has 3 nitrogen and oxygen atoms in total. The summed E-state index contributed by atoms with van der Waals surface area (Å²) in [5.41, 5.74) is -0.418. The Bertz CT molecular complexity index is 431. The van der Waals surface area contributed by atoms with Gasteiger partial charge in [-0.15, -0.1) is 0 Å². The summed E-state index contributed by atoms with van der Waals surface area (Å²) in [4.78, 5) is 10.6. The van der Waals surface area contributed by atoms with Crippen LogP contribution < -0.4 is 4.74 Å². The number of carbonyl (C=O) groups is 1. The van der Waals surface area contributed by atoms with Crippen molar-refractivity contribution in [3.63, 3.8) is 0 Å². The van der Waals surface area contributed by atoms with E-state index in [0.29, 0.717) is 5.92 Å². The third-order valence-corrected chi connectivity index (χ3v) is 3.18. The van der Waals surface area contributed by atoms with Crippen LogP contribution in [0.4, 0.5) is 8.78 Å². The Balaban J connectivity index is 2.10. The zero-order valence-corrected chi connectivity index (χ0v) is 9.79. The van der Waals surface area contributed by atoms with Crippen LogP contribution in [0.1, 0.15) is 36.0 Å². The molecular formula is C13H14F2O3. The molecule has 0 heterocycles. The standard InChI is InChI=1S/C13H14F2O3/c14-10-5-9(13(16)17)6-11(15)12(10)18-7-8-3-1-2-4-8/h5-6,8H,1-4,7H2,(H,16,17). The normalized spacial score (nSPS) is 15.9. The number of carboxylic acids is 1. The van der Waals surface area contributed by atoms with Gasteiger partial charge in [0.1, 0.15) is 0 Å². The molecule has 1 aromatic rings. The highest BCUT2D eigenvalue weighted by molar-refractivity contribution is 5.87. The van der Waals surface area contributed by atoms with Crippen LogP contribution in [-0.2, 0) is 0 Å². The lowest BCUT2D eigenvalue weighted by molar-refractivity contribution is 0.0695. The summed E-state index contributed by atoms with van der Waals surface area (Å²) in [5, 5.41) is 8.65. The van der Waals surface area contributed by atoms with Gasteiger partial charge in [-0.1, -0.05) is 12.8 Å². The monoisotopic (exact) mass is 256 g/mol. The summed E-state index contributed by atoms with van der Waals surface area (Å²) in [6.07, 6.45) is 4.26. The Kier molecular flexibility index (Phi) is 3.79. The molecule has 0 saturated heterocycles. The van der Waals surface area contributed by atoms with Crippen LogP contribution in [0.2, 0.25) is 0 Å². The first-order valence-corrected chi connectivity index (χ1v) is 5.93. The molecule has 1 aromatic carbocycles. The minimum Gasteiger partial charge on any atom is -0.487 e. The molecule has 1 N–H and O–H groups in total. The maximum Gasteiger partial charge on any atom is 0.335 e. The highest BCUT2D eigenvalue weighted by Gasteiger charge is 2.19. The third kappa shape index (κ3) is 2.78. The molecule has 0 amide bonds. The summed E-state index contributed by atoms with van der Waals surface area (Å²) in [7, 11) is 0. The minimum atomic E-state index is -1.37. The largest absolute Gasteiger partial charge is 0.487 e. The SMILES string of the molecule is O=C(O)c1cc(F)c(OCC2CCCC2)c(F)c1. The van der Waals surface area contributed by atoms with Crippen molar-refractivity contribution in [1.29, 1.82) is 0 Å². The number of hydrogen-bond acceptors (Lipinski definition) is 2. The summed E-state index contributed by atoms with van der Waals surface area (Å²) in [5.74, 6) is -3.44. The summed E-state index contributed by atoms with van der Waals surface area (Å²) in [6, 6.07) is 1.55. The van der Waals surface area contributed by atoms with Gasteiger partial charge in [-0.3, -0.25) is 0 Å². The lowest BCUT2D eigenvalue weighted by Gasteiger charge is -2.12. The molecular weight excluding hydrogens is 242 g/mol. The third-order valence-electron chi connectivity index (χ3n) is 3.18. The fourth-order valence-electron chi connectivity index (χ4n) is 2.20. The van der Waals surface area contributed by atoms with Gasteiger partial charge in [0, 0.05) is 0 Å². The van der Waals surface area contributed by atoms with E-state index in [1.165, 1.54) is 0 Å². The molecule has 1 aliphatic rings. The molecule has 0 atom stereocenters. The second-order valence-corrected chi connectivity index (χ2v) is 4.54. The maximum absolute atomic E-state index is 13.5. The van der Waals surface area contributed by atoms with E-state index < -0.39 is 28.9 Å². The van der Waals surface area contributed by atoms with E-state index in [1.807, 2.05) is 0 Å². The minimum absolute atomic E-state index is 0.278. The second-order valence-electron chi connectivity index (χ2n) is 4.54. The first-order chi connectivity index (χ1) is 8.58. The Hall–Kier alpha value is -1.65. The zero-order chi connectivity index (χ0) is 13.1. The van der Waals surface area contributed by atoms with Gasteiger partial charge in [0.25, 0.3) is 0 Å². The molecule has 2 rings (SSSR count). The van der Waals surface area contributed by atoms with Crippen molar-refractivity contribution < 1.29 is 23.4 Å². The number of halogens is 2. The van der Waals surface area contributed by atoms with Gasteiger partial charge >= 0.3 is 5.97 Å². The van der Waals surface area contributed by atoms with Crippen molar-refractivity contribution in [3.05, 3.63) is 29.3 Å². The lowest BCUT2D eigenvalue weighted by Crippen LogP contribution is -2.11. The molecule has 0 radical (unpaired) electrons. The van der Waals surface area contributed by atoms with Gasteiger partial charge < -0.3 is 9.84 Å². The number of ether oxygens (including phenoxy) is 1. The molecule has 0 unspecified atom stereocenters. The predicted octanol–water partition coefficient (Wildman–Crippen LogP) is 3.23. The van der Waals surface area contributed by atoms with Gasteiger partial charge in [-0.05, 0) is 30.9 Å². The van der Waals surface area contributed by atoms with Crippen LogP contribution in [0.25, 0.3) is 0 Å². The van der Waals surface area contributed by atoms with Gasteiger partial charge in [0.05, 0.1) is 12.2 Å². The Morgan fingerprint density at radius 2 is 1.83 bits per heavy atom. The van der Waals surface area contributed by atoms with Crippen molar-refractivity contribution in [2.75, 3.05) is 6.61 Å². The molecule has 1 aliphatic carbocycles. The Morgan fingerprint density at radius 1 is 1.28 bits per heavy atom. The number of carboxylic acid groups (broad SMARTS) is 1. The van der Waals surface area contributed by atoms with E-state index in [4.69, 9.17) is 9.84 Å². The van der Waals surface area contributed by atoms with Crippen molar-refractivity contribution >= 4 is 5.97 Å². The van der Waals surface area contributed by atoms with Gasteiger partial charge in [0.15, 0.2) is 17.4 Å². The van der Waals surface area contributed by atoms with Crippen LogP contribution in [0.15, 0.2) is 12.1 Å². The number of hydrogen-bond donors (Lipinski definition) is 1. The number of benzene rings is 1. The smallest absolute Gasteiger partial charge is 0.335 e. The van der Waals surface area contributed by atoms with Gasteiger partial charge in [-0.25, -0.2) is 13.6 Å². The highest BCUT2D eigenvalue weighted by atomic mass is 19.1. The van der Waals surface area contributed by atoms with E-state index in [2.05, 4.69) is 0 Å². The Labute approximate surface area is 103 Å². The first kappa shape index (κ1) is 12.8. The lowest BCUT2D eigenvalue weighted by atomic mass is 10.1. The zero-order valence-electron chi connectivity index (χ0n) is 9.79. The van der Waals surface area contributed by atoms with Crippen molar-refractivity contribution in [2.24, 2.45) is 5.92 Å². The fourth-order valence-corrected chi connectivity index (χ4v) is 2.20. The van der Waals surface area contributed by atoms with Crippen LogP contribution in [0.3, 0.4) is 0 Å². The molecule has 1 saturated carbocycles. The van der Waals surface area contributed by atoms with Crippen LogP contribution in [0, 0.1) is 17.6 Å². The quantitative estimate of drug-likeness (QED) is 0.899. The molecule has 5 heteroatoms. The van der Waals surface area contributed by atoms with Crippen molar-refractivity contribution in [1.82, 2.24) is 0 Å². The van der Waals surface area contributed by atoms with E-state index in [-0.39, 0.29) is 6.61 Å². The molecule has 98 valence electrons. The van der Waals surface area contributed by atoms with E-state index in [9.17, 15) is 13.6 Å². The van der Waals surface area contributed by atoms with Crippen LogP contribution >= 0.6 is 0 Å². The van der Waals surface area contributed by atoms with Gasteiger partial charge in [0.2, 0.25) is 0 Å². The van der Waals surface area contributed by atoms with E-state index in [0.717, 1.165) is 37.8 Å². The van der Waals surface area contributed by atoms with Crippen LogP contribution in [0.5, 0.6) is 5.75 Å². The summed E-state index contributed by atoms with van der Waals surface area (Å²) in [6.45, 7) is 0.278. The van der Waals surface area contributed by atoms with Crippen LogP contribution in [-0.4, -0.2) is 17.7 Å². The number of aromatic carboxylic acids is 1. The maximum atomic E-state index is 13.5. The molecule has 1 fully saturated rings. The van der Waals surface area contributed by atoms with E-state index in [1.54, 1.807) is 0 Å². The van der Waals surface area contributed by atoms with Crippen molar-refractivity contribution in [3.8, 4) is 5.75 Å². The predicted molar refractivity (Wildman–Crippen MR) is 60.8 cm³/mol. The first-order valence-electron chi connectivity index (χ1n) is 5.93. The highest BCUT2D eigenvalue weighted by Crippen LogP contribution is 2.28. The summed E-state index contributed by atoms with van der Waals surface area (Å²) >= 11 is 0. The topological polar surface area (TPSA) is 46.5 Å². The molecule has 0 aliphatic heterocycles. The number of rotatable bonds is 4. The Morgan fingerprint density at radius 3 is 2.33 bits per heavy atom. The van der Waals surface area contributed by atoms with E-state index >= 15 is 0 Å². The second kappa shape index (κ2) is 5.33. The fraction of sp³-hybridized carbons (Fsp3) is 0.462.